The standard InChI is InChI=1S/C32H26N4O2S4/c37-29(21-11-23-7-3-1-4-8-23)35-31(39)33-25-13-17-27(18-14-25)41-42-28-19-15-26(16-20-28)34-32(40)36-30(38)22-12-24-9-5-2-6-10-24/h1-22H,(H2,33,35,37,39)(H2,34,36,38,40). The molecule has 0 aliphatic carbocycles. The highest BCUT2D eigenvalue weighted by atomic mass is 33.1. The average Bonchev–Trinajstić information content (AvgIpc) is 3.00. The summed E-state index contributed by atoms with van der Waals surface area (Å²) < 4.78 is 0. The van der Waals surface area contributed by atoms with Crippen LogP contribution in [0.2, 0.25) is 0 Å². The molecule has 0 heterocycles. The first-order valence-electron chi connectivity index (χ1n) is 12.7. The van der Waals surface area contributed by atoms with E-state index >= 15 is 0 Å². The largest absolute Gasteiger partial charge is 0.332 e. The Morgan fingerprint density at radius 1 is 0.524 bits per heavy atom. The molecule has 0 fully saturated rings. The Hall–Kier alpha value is -4.22. The van der Waals surface area contributed by atoms with Crippen molar-refractivity contribution in [3.8, 4) is 0 Å². The molecule has 0 aliphatic heterocycles. The third-order valence-corrected chi connectivity index (χ3v) is 8.21. The topological polar surface area (TPSA) is 82.3 Å². The first-order valence-corrected chi connectivity index (χ1v) is 15.6. The van der Waals surface area contributed by atoms with Gasteiger partial charge in [-0.3, -0.25) is 20.2 Å². The van der Waals surface area contributed by atoms with E-state index in [4.69, 9.17) is 24.4 Å². The third kappa shape index (κ3) is 11.0. The van der Waals surface area contributed by atoms with Crippen molar-refractivity contribution < 1.29 is 9.59 Å². The van der Waals surface area contributed by atoms with Crippen molar-refractivity contribution in [2.75, 3.05) is 10.6 Å². The van der Waals surface area contributed by atoms with Crippen molar-refractivity contribution in [1.82, 2.24) is 10.6 Å². The molecular formula is C32H26N4O2S4. The molecule has 0 saturated carbocycles. The number of hydrogen-bond acceptors (Lipinski definition) is 6. The van der Waals surface area contributed by atoms with Crippen LogP contribution in [0, 0.1) is 0 Å². The number of carbonyl (C=O) groups is 2. The maximum Gasteiger partial charge on any atom is 0.250 e. The van der Waals surface area contributed by atoms with E-state index in [-0.39, 0.29) is 22.0 Å². The van der Waals surface area contributed by atoms with E-state index in [1.807, 2.05) is 109 Å². The summed E-state index contributed by atoms with van der Waals surface area (Å²) in [5.74, 6) is -0.604. The summed E-state index contributed by atoms with van der Waals surface area (Å²) in [4.78, 5) is 26.3. The molecule has 2 amide bonds. The van der Waals surface area contributed by atoms with Crippen LogP contribution in [0.3, 0.4) is 0 Å². The predicted molar refractivity (Wildman–Crippen MR) is 184 cm³/mol. The van der Waals surface area contributed by atoms with E-state index < -0.39 is 0 Å². The number of amides is 2. The number of nitrogens with one attached hydrogen (secondary N) is 4. The van der Waals surface area contributed by atoms with E-state index in [0.29, 0.717) is 0 Å². The Morgan fingerprint density at radius 3 is 1.24 bits per heavy atom. The summed E-state index contributed by atoms with van der Waals surface area (Å²) in [7, 11) is 3.23. The Labute approximate surface area is 263 Å². The van der Waals surface area contributed by atoms with Crippen LogP contribution >= 0.6 is 46.0 Å². The predicted octanol–water partition coefficient (Wildman–Crippen LogP) is 7.54. The van der Waals surface area contributed by atoms with Gasteiger partial charge >= 0.3 is 0 Å². The number of carbonyl (C=O) groups excluding carboxylic acids is 2. The lowest BCUT2D eigenvalue weighted by atomic mass is 10.2. The molecule has 0 aromatic heterocycles. The molecule has 4 aromatic rings. The summed E-state index contributed by atoms with van der Waals surface area (Å²) in [5.41, 5.74) is 3.41. The Morgan fingerprint density at radius 2 is 0.881 bits per heavy atom. The fourth-order valence-corrected chi connectivity index (χ4v) is 5.76. The van der Waals surface area contributed by atoms with Gasteiger partial charge in [0.2, 0.25) is 11.8 Å². The van der Waals surface area contributed by atoms with Crippen LogP contribution in [0.25, 0.3) is 12.2 Å². The maximum atomic E-state index is 12.1. The number of thiocarbonyl (C=S) groups is 2. The van der Waals surface area contributed by atoms with Gasteiger partial charge in [-0.05, 0) is 96.2 Å². The molecule has 0 aliphatic rings. The lowest BCUT2D eigenvalue weighted by molar-refractivity contribution is -0.115. The minimum Gasteiger partial charge on any atom is -0.332 e. The van der Waals surface area contributed by atoms with Gasteiger partial charge in [-0.25, -0.2) is 0 Å². The summed E-state index contributed by atoms with van der Waals surface area (Å²) in [5, 5.41) is 11.8. The van der Waals surface area contributed by atoms with Gasteiger partial charge in [0, 0.05) is 33.3 Å². The van der Waals surface area contributed by atoms with Crippen molar-refractivity contribution >= 4 is 91.6 Å². The van der Waals surface area contributed by atoms with Crippen molar-refractivity contribution in [3.63, 3.8) is 0 Å². The lowest BCUT2D eigenvalue weighted by Crippen LogP contribution is -2.32. The molecule has 42 heavy (non-hydrogen) atoms. The summed E-state index contributed by atoms with van der Waals surface area (Å²) >= 11 is 10.5. The quantitative estimate of drug-likeness (QED) is 0.0862. The van der Waals surface area contributed by atoms with Crippen molar-refractivity contribution in [2.24, 2.45) is 0 Å². The van der Waals surface area contributed by atoms with Crippen LogP contribution in [-0.4, -0.2) is 22.0 Å². The molecule has 0 spiro atoms. The average molecular weight is 627 g/mol. The molecule has 4 rings (SSSR count). The molecule has 0 unspecified atom stereocenters. The Balaban J connectivity index is 1.17. The fraction of sp³-hybridized carbons (Fsp3) is 0. The van der Waals surface area contributed by atoms with Crippen LogP contribution in [0.15, 0.2) is 131 Å². The van der Waals surface area contributed by atoms with Gasteiger partial charge in [-0.15, -0.1) is 0 Å². The smallest absolute Gasteiger partial charge is 0.250 e. The normalized spacial score (nSPS) is 10.8. The van der Waals surface area contributed by atoms with E-state index in [9.17, 15) is 9.59 Å². The second-order valence-electron chi connectivity index (χ2n) is 8.59. The van der Waals surface area contributed by atoms with Crippen molar-refractivity contribution in [3.05, 3.63) is 132 Å². The van der Waals surface area contributed by atoms with Crippen LogP contribution in [0.5, 0.6) is 0 Å². The van der Waals surface area contributed by atoms with Crippen molar-refractivity contribution in [2.45, 2.75) is 9.79 Å². The van der Waals surface area contributed by atoms with Gasteiger partial charge in [-0.1, -0.05) is 82.3 Å². The first kappa shape index (κ1) is 30.7. The zero-order valence-electron chi connectivity index (χ0n) is 22.2. The number of rotatable bonds is 9. The maximum absolute atomic E-state index is 12.1. The van der Waals surface area contributed by atoms with Crippen LogP contribution in [-0.2, 0) is 9.59 Å². The summed E-state index contributed by atoms with van der Waals surface area (Å²) in [6.07, 6.45) is 6.35. The third-order valence-electron chi connectivity index (χ3n) is 5.39. The zero-order chi connectivity index (χ0) is 29.6. The van der Waals surface area contributed by atoms with Gasteiger partial charge in [0.05, 0.1) is 0 Å². The molecule has 0 saturated heterocycles. The van der Waals surface area contributed by atoms with Crippen LogP contribution in [0.1, 0.15) is 11.1 Å². The first-order chi connectivity index (χ1) is 20.4. The van der Waals surface area contributed by atoms with Crippen LogP contribution in [0.4, 0.5) is 11.4 Å². The highest BCUT2D eigenvalue weighted by molar-refractivity contribution is 8.76. The van der Waals surface area contributed by atoms with Gasteiger partial charge in [0.25, 0.3) is 0 Å². The molecule has 10 heteroatoms. The Kier molecular flexibility index (Phi) is 11.9. The SMILES string of the molecule is O=C(C=Cc1ccccc1)NC(=S)Nc1ccc(SSc2ccc(NC(=S)NC(=O)C=Cc3ccccc3)cc2)cc1. The molecule has 6 nitrogen and oxygen atoms in total. The molecule has 210 valence electrons. The minimum absolute atomic E-state index is 0.226. The second kappa shape index (κ2) is 16.3. The van der Waals surface area contributed by atoms with Gasteiger partial charge < -0.3 is 10.6 Å². The summed E-state index contributed by atoms with van der Waals surface area (Å²) in [6.45, 7) is 0. The highest BCUT2D eigenvalue weighted by Gasteiger charge is 2.05. The molecule has 0 atom stereocenters. The highest BCUT2D eigenvalue weighted by Crippen LogP contribution is 2.38. The van der Waals surface area contributed by atoms with Crippen molar-refractivity contribution in [1.29, 1.82) is 0 Å². The van der Waals surface area contributed by atoms with Gasteiger partial charge in [0.1, 0.15) is 0 Å². The van der Waals surface area contributed by atoms with E-state index in [1.54, 1.807) is 33.7 Å². The lowest BCUT2D eigenvalue weighted by Gasteiger charge is -2.10. The molecular weight excluding hydrogens is 601 g/mol. The second-order valence-corrected chi connectivity index (χ2v) is 11.7. The summed E-state index contributed by atoms with van der Waals surface area (Å²) in [6, 6.07) is 34.6. The molecule has 0 radical (unpaired) electrons. The Bertz CT molecular complexity index is 1450. The number of benzene rings is 4. The van der Waals surface area contributed by atoms with E-state index in [1.165, 1.54) is 12.2 Å². The van der Waals surface area contributed by atoms with Gasteiger partial charge in [-0.2, -0.15) is 0 Å². The number of hydrogen-bond donors (Lipinski definition) is 4. The molecule has 4 N–H and O–H groups in total. The molecule has 0 bridgehead atoms. The fourth-order valence-electron chi connectivity index (χ4n) is 3.39. The molecule has 4 aromatic carbocycles. The minimum atomic E-state index is -0.302. The van der Waals surface area contributed by atoms with Crippen LogP contribution < -0.4 is 21.3 Å². The van der Waals surface area contributed by atoms with Gasteiger partial charge in [0.15, 0.2) is 10.2 Å². The monoisotopic (exact) mass is 626 g/mol. The number of anilines is 2. The van der Waals surface area contributed by atoms with E-state index in [2.05, 4.69) is 21.3 Å². The van der Waals surface area contributed by atoms with E-state index in [0.717, 1.165) is 32.3 Å². The zero-order valence-corrected chi connectivity index (χ0v) is 25.4.